The number of carbonyl (C=O) groups excluding carboxylic acids is 4. The number of carbonyl (C=O) groups is 4. The van der Waals surface area contributed by atoms with E-state index in [4.69, 9.17) is 4.74 Å². The van der Waals surface area contributed by atoms with Gasteiger partial charge in [0, 0.05) is 12.8 Å². The summed E-state index contributed by atoms with van der Waals surface area (Å²) in [5.41, 5.74) is 0. The molecular weight excluding hydrogens is 272 g/mol. The van der Waals surface area contributed by atoms with Gasteiger partial charge in [0.15, 0.2) is 17.7 Å². The zero-order valence-electron chi connectivity index (χ0n) is 13.0. The van der Waals surface area contributed by atoms with Crippen LogP contribution in [-0.4, -0.2) is 35.3 Å². The average Bonchev–Trinajstić information content (AvgIpc) is 2.42. The van der Waals surface area contributed by atoms with Crippen molar-refractivity contribution in [3.05, 3.63) is 0 Å². The highest BCUT2D eigenvalue weighted by molar-refractivity contribution is 6.04. The van der Waals surface area contributed by atoms with Gasteiger partial charge in [-0.25, -0.2) is 0 Å². The van der Waals surface area contributed by atoms with Crippen LogP contribution in [0.2, 0.25) is 0 Å². The van der Waals surface area contributed by atoms with Crippen molar-refractivity contribution in [3.63, 3.8) is 0 Å². The molecule has 0 aromatic heterocycles. The van der Waals surface area contributed by atoms with Gasteiger partial charge in [-0.15, -0.1) is 0 Å². The van der Waals surface area contributed by atoms with Gasteiger partial charge in [0.25, 0.3) is 0 Å². The molecule has 1 aliphatic carbocycles. The Labute approximate surface area is 125 Å². The van der Waals surface area contributed by atoms with Crippen molar-refractivity contribution in [1.29, 1.82) is 0 Å². The molecule has 2 aliphatic rings. The third-order valence-electron chi connectivity index (χ3n) is 3.87. The number of hydrogen-bond acceptors (Lipinski definition) is 5. The maximum atomic E-state index is 11.0. The second kappa shape index (κ2) is 8.17. The highest BCUT2D eigenvalue weighted by atomic mass is 16.5. The molecule has 2 rings (SSSR count). The Kier molecular flexibility index (Phi) is 6.89. The number of Topliss-reactive ketones (excluding diaryl/α,β-unsaturated/α-hetero) is 4. The van der Waals surface area contributed by atoms with Crippen molar-refractivity contribution in [2.45, 2.75) is 71.5 Å². The lowest BCUT2D eigenvalue weighted by Crippen LogP contribution is -2.38. The number of hydrogen-bond donors (Lipinski definition) is 0. The van der Waals surface area contributed by atoms with E-state index in [0.717, 1.165) is 25.7 Å². The molecular formula is C16H24O5. The number of ketones is 4. The molecule has 118 valence electrons. The van der Waals surface area contributed by atoms with E-state index >= 15 is 0 Å². The summed E-state index contributed by atoms with van der Waals surface area (Å²) in [6, 6.07) is 0. The molecule has 1 aliphatic heterocycles. The van der Waals surface area contributed by atoms with Gasteiger partial charge in [0.1, 0.15) is 11.6 Å². The van der Waals surface area contributed by atoms with Crippen molar-refractivity contribution >= 4 is 23.1 Å². The molecule has 0 bridgehead atoms. The minimum absolute atomic E-state index is 0.0431. The van der Waals surface area contributed by atoms with Gasteiger partial charge >= 0.3 is 0 Å². The fraction of sp³-hybridized carbons (Fsp3) is 0.750. The van der Waals surface area contributed by atoms with Gasteiger partial charge in [-0.1, -0.05) is 6.42 Å². The molecule has 0 spiro atoms. The van der Waals surface area contributed by atoms with Crippen LogP contribution in [0.1, 0.15) is 59.3 Å². The first-order valence-electron chi connectivity index (χ1n) is 7.54. The van der Waals surface area contributed by atoms with Crippen molar-refractivity contribution in [2.24, 2.45) is 5.92 Å². The van der Waals surface area contributed by atoms with Crippen molar-refractivity contribution in [3.8, 4) is 0 Å². The van der Waals surface area contributed by atoms with E-state index in [0.29, 0.717) is 12.8 Å². The maximum Gasteiger partial charge on any atom is 0.174 e. The van der Waals surface area contributed by atoms with E-state index in [2.05, 4.69) is 0 Å². The topological polar surface area (TPSA) is 77.5 Å². The van der Waals surface area contributed by atoms with E-state index < -0.39 is 6.10 Å². The zero-order valence-corrected chi connectivity index (χ0v) is 13.0. The third-order valence-corrected chi connectivity index (χ3v) is 3.87. The van der Waals surface area contributed by atoms with Gasteiger partial charge in [-0.2, -0.15) is 0 Å². The van der Waals surface area contributed by atoms with Crippen LogP contribution in [0, 0.1) is 5.92 Å². The van der Waals surface area contributed by atoms with Gasteiger partial charge in [0.05, 0.1) is 12.0 Å². The predicted molar refractivity (Wildman–Crippen MR) is 76.9 cm³/mol. The summed E-state index contributed by atoms with van der Waals surface area (Å²) in [6.07, 6.45) is 3.89. The van der Waals surface area contributed by atoms with Crippen LogP contribution >= 0.6 is 0 Å². The quantitative estimate of drug-likeness (QED) is 0.729. The zero-order chi connectivity index (χ0) is 16.0. The number of ether oxygens (including phenoxy) is 1. The molecule has 1 heterocycles. The molecule has 1 saturated carbocycles. The normalized spacial score (nSPS) is 29.4. The second-order valence-corrected chi connectivity index (χ2v) is 5.82. The van der Waals surface area contributed by atoms with Gasteiger partial charge in [-0.3, -0.25) is 19.2 Å². The summed E-state index contributed by atoms with van der Waals surface area (Å²) in [7, 11) is 0. The molecule has 0 aromatic rings. The molecule has 5 nitrogen and oxygen atoms in total. The molecule has 3 unspecified atom stereocenters. The van der Waals surface area contributed by atoms with Crippen LogP contribution in [-0.2, 0) is 23.9 Å². The lowest BCUT2D eigenvalue weighted by molar-refractivity contribution is -0.151. The number of rotatable bonds is 2. The fourth-order valence-electron chi connectivity index (χ4n) is 2.59. The fourth-order valence-corrected chi connectivity index (χ4v) is 2.59. The molecule has 0 radical (unpaired) electrons. The standard InChI is InChI=1S/C8H12O3.C8H12O2/c1-5-3-4-7(10)8(11-5)6(2)9;1-6(9)7-4-2-3-5-8(7)10/h5,8H,3-4H2,1-2H3;7H,2-5H2,1H3. The van der Waals surface area contributed by atoms with E-state index in [-0.39, 0.29) is 35.2 Å². The molecule has 21 heavy (non-hydrogen) atoms. The lowest BCUT2D eigenvalue weighted by atomic mass is 9.86. The van der Waals surface area contributed by atoms with E-state index in [1.807, 2.05) is 6.92 Å². The largest absolute Gasteiger partial charge is 0.360 e. The van der Waals surface area contributed by atoms with Crippen LogP contribution in [0.4, 0.5) is 0 Å². The Morgan fingerprint density at radius 1 is 0.952 bits per heavy atom. The molecule has 3 atom stereocenters. The first-order chi connectivity index (χ1) is 9.82. The van der Waals surface area contributed by atoms with Crippen LogP contribution < -0.4 is 0 Å². The molecule has 1 saturated heterocycles. The van der Waals surface area contributed by atoms with Crippen LogP contribution in [0.15, 0.2) is 0 Å². The minimum atomic E-state index is -0.779. The highest BCUT2D eigenvalue weighted by Gasteiger charge is 2.30. The summed E-state index contributed by atoms with van der Waals surface area (Å²) in [5, 5.41) is 0. The Balaban J connectivity index is 0.000000211. The van der Waals surface area contributed by atoms with Crippen LogP contribution in [0.3, 0.4) is 0 Å². The van der Waals surface area contributed by atoms with E-state index in [1.54, 1.807) is 0 Å². The molecule has 5 heteroatoms. The summed E-state index contributed by atoms with van der Waals surface area (Å²) in [4.78, 5) is 43.6. The van der Waals surface area contributed by atoms with Crippen LogP contribution in [0.5, 0.6) is 0 Å². The second-order valence-electron chi connectivity index (χ2n) is 5.82. The SMILES string of the molecule is CC(=O)C1CCCCC1=O.CC(=O)C1OC(C)CCC1=O. The van der Waals surface area contributed by atoms with Gasteiger partial charge < -0.3 is 4.74 Å². The van der Waals surface area contributed by atoms with E-state index in [1.165, 1.54) is 13.8 Å². The Bertz CT molecular complexity index is 426. The molecule has 0 aromatic carbocycles. The monoisotopic (exact) mass is 296 g/mol. The smallest absolute Gasteiger partial charge is 0.174 e. The first kappa shape index (κ1) is 17.7. The van der Waals surface area contributed by atoms with E-state index in [9.17, 15) is 19.2 Å². The third kappa shape index (κ3) is 5.50. The summed E-state index contributed by atoms with van der Waals surface area (Å²) in [6.45, 7) is 4.77. The van der Waals surface area contributed by atoms with Gasteiger partial charge in [-0.05, 0) is 40.0 Å². The van der Waals surface area contributed by atoms with Crippen molar-refractivity contribution in [1.82, 2.24) is 0 Å². The molecule has 0 N–H and O–H groups in total. The van der Waals surface area contributed by atoms with Gasteiger partial charge in [0.2, 0.25) is 0 Å². The highest BCUT2D eigenvalue weighted by Crippen LogP contribution is 2.20. The summed E-state index contributed by atoms with van der Waals surface area (Å²) in [5.74, 6) is -0.311. The Morgan fingerprint density at radius 2 is 1.62 bits per heavy atom. The lowest BCUT2D eigenvalue weighted by Gasteiger charge is -2.24. The minimum Gasteiger partial charge on any atom is -0.360 e. The summed E-state index contributed by atoms with van der Waals surface area (Å²) >= 11 is 0. The van der Waals surface area contributed by atoms with Crippen molar-refractivity contribution < 1.29 is 23.9 Å². The van der Waals surface area contributed by atoms with Crippen LogP contribution in [0.25, 0.3) is 0 Å². The molecule has 0 amide bonds. The molecule has 2 fully saturated rings. The predicted octanol–water partition coefficient (Wildman–Crippen LogP) is 2.05. The Morgan fingerprint density at radius 3 is 2.05 bits per heavy atom. The first-order valence-corrected chi connectivity index (χ1v) is 7.54. The van der Waals surface area contributed by atoms with Crippen molar-refractivity contribution in [2.75, 3.05) is 0 Å². The maximum absolute atomic E-state index is 11.0. The Hall–Kier alpha value is -1.36. The average molecular weight is 296 g/mol. The summed E-state index contributed by atoms with van der Waals surface area (Å²) < 4.78 is 5.16.